The van der Waals surface area contributed by atoms with Crippen LogP contribution in [0.4, 0.5) is 11.5 Å². The first-order valence-electron chi connectivity index (χ1n) is 9.84. The molecule has 0 amide bonds. The highest BCUT2D eigenvalue weighted by Gasteiger charge is 2.21. The summed E-state index contributed by atoms with van der Waals surface area (Å²) in [5.74, 6) is 0.285. The lowest BCUT2D eigenvalue weighted by Crippen LogP contribution is -2.44. The molecule has 2 aromatic rings. The third-order valence-electron chi connectivity index (χ3n) is 5.53. The molecule has 7 nitrogen and oxygen atoms in total. The molecular formula is C21H29N5O2. The Kier molecular flexibility index (Phi) is 6.46. The molecule has 0 aliphatic heterocycles. The van der Waals surface area contributed by atoms with Crippen molar-refractivity contribution in [2.75, 3.05) is 11.6 Å². The summed E-state index contributed by atoms with van der Waals surface area (Å²) >= 11 is 0. The molecule has 1 aromatic carbocycles. The van der Waals surface area contributed by atoms with E-state index in [0.29, 0.717) is 24.9 Å². The topological polar surface area (TPSA) is 82.5 Å². The van der Waals surface area contributed by atoms with Crippen LogP contribution in [0.5, 0.6) is 0 Å². The van der Waals surface area contributed by atoms with E-state index in [0.717, 1.165) is 24.0 Å². The minimum atomic E-state index is -0.493. The lowest BCUT2D eigenvalue weighted by molar-refractivity contribution is 0.372. The number of H-pyrrole nitrogens is 1. The van der Waals surface area contributed by atoms with Crippen molar-refractivity contribution in [1.29, 1.82) is 0 Å². The maximum absolute atomic E-state index is 12.7. The second-order valence-corrected chi connectivity index (χ2v) is 7.47. The quantitative estimate of drug-likeness (QED) is 0.569. The molecule has 0 atom stereocenters. The van der Waals surface area contributed by atoms with Gasteiger partial charge >= 0.3 is 5.69 Å². The number of rotatable bonds is 7. The zero-order valence-electron chi connectivity index (χ0n) is 16.7. The zero-order valence-corrected chi connectivity index (χ0v) is 16.7. The number of nitrogens with one attached hydrogen (secondary N) is 2. The zero-order chi connectivity index (χ0) is 20.1. The summed E-state index contributed by atoms with van der Waals surface area (Å²) in [4.78, 5) is 33.1. The monoisotopic (exact) mass is 383 g/mol. The van der Waals surface area contributed by atoms with Crippen molar-refractivity contribution in [3.63, 3.8) is 0 Å². The maximum Gasteiger partial charge on any atom is 0.329 e. The number of aliphatic imine (C=N–C) groups is 1. The second kappa shape index (κ2) is 9.01. The molecule has 1 saturated carbocycles. The van der Waals surface area contributed by atoms with Gasteiger partial charge in [-0.1, -0.05) is 43.5 Å². The van der Waals surface area contributed by atoms with Gasteiger partial charge in [-0.2, -0.15) is 0 Å². The minimum absolute atomic E-state index is 0.285. The van der Waals surface area contributed by atoms with Gasteiger partial charge in [0.05, 0.1) is 6.67 Å². The first kappa shape index (κ1) is 20.1. The summed E-state index contributed by atoms with van der Waals surface area (Å²) in [5.41, 5.74) is 1.70. The van der Waals surface area contributed by atoms with Crippen LogP contribution >= 0.6 is 0 Å². The molecule has 1 aliphatic carbocycles. The van der Waals surface area contributed by atoms with Crippen LogP contribution in [0.3, 0.4) is 0 Å². The number of anilines is 1. The summed E-state index contributed by atoms with van der Waals surface area (Å²) < 4.78 is 1.33. The molecule has 1 aliphatic rings. The van der Waals surface area contributed by atoms with Crippen molar-refractivity contribution in [2.45, 2.75) is 51.6 Å². The third-order valence-corrected chi connectivity index (χ3v) is 5.53. The molecule has 0 spiro atoms. The maximum atomic E-state index is 12.7. The molecule has 7 heteroatoms. The fourth-order valence-corrected chi connectivity index (χ4v) is 3.82. The Morgan fingerprint density at radius 1 is 1.25 bits per heavy atom. The van der Waals surface area contributed by atoms with Gasteiger partial charge in [-0.3, -0.25) is 19.7 Å². The van der Waals surface area contributed by atoms with Crippen molar-refractivity contribution >= 4 is 18.2 Å². The van der Waals surface area contributed by atoms with Gasteiger partial charge < -0.3 is 4.90 Å². The number of hydrogen-bond donors (Lipinski definition) is 2. The van der Waals surface area contributed by atoms with Crippen molar-refractivity contribution in [3.8, 4) is 0 Å². The number of benzene rings is 1. The molecule has 0 unspecified atom stereocenters. The third kappa shape index (κ3) is 4.42. The fraction of sp³-hybridized carbons (Fsp3) is 0.476. The highest BCUT2D eigenvalue weighted by atomic mass is 16.2. The standard InChI is InChI=1S/C21H29N5O2/c1-15-9-7-8-10-16(15)13-26(14-23-17-11-5-4-6-12-17)18-19(22-2)25(3)21(28)24-20(18)27/h7-10,17,23H,2,4-6,11-14H2,1,3H3,(H,24,27,28). The van der Waals surface area contributed by atoms with Gasteiger partial charge in [0.15, 0.2) is 5.82 Å². The van der Waals surface area contributed by atoms with E-state index in [9.17, 15) is 9.59 Å². The van der Waals surface area contributed by atoms with E-state index in [2.05, 4.69) is 41.1 Å². The van der Waals surface area contributed by atoms with Crippen molar-refractivity contribution in [3.05, 3.63) is 56.2 Å². The van der Waals surface area contributed by atoms with E-state index in [-0.39, 0.29) is 5.82 Å². The van der Waals surface area contributed by atoms with Crippen molar-refractivity contribution < 1.29 is 0 Å². The van der Waals surface area contributed by atoms with Crippen LogP contribution < -0.4 is 21.5 Å². The van der Waals surface area contributed by atoms with E-state index in [1.165, 1.54) is 23.8 Å². The molecular weight excluding hydrogens is 354 g/mol. The van der Waals surface area contributed by atoms with Crippen molar-refractivity contribution in [2.24, 2.45) is 12.0 Å². The van der Waals surface area contributed by atoms with E-state index in [4.69, 9.17) is 0 Å². The Morgan fingerprint density at radius 3 is 2.64 bits per heavy atom. The van der Waals surface area contributed by atoms with Gasteiger partial charge in [0.25, 0.3) is 5.56 Å². The van der Waals surface area contributed by atoms with E-state index in [1.807, 2.05) is 17.0 Å². The summed E-state index contributed by atoms with van der Waals surface area (Å²) in [7, 11) is 1.59. The molecule has 0 bridgehead atoms. The van der Waals surface area contributed by atoms with Gasteiger partial charge in [-0.05, 0) is 37.6 Å². The van der Waals surface area contributed by atoms with Crippen LogP contribution in [-0.2, 0) is 13.6 Å². The van der Waals surface area contributed by atoms with Gasteiger partial charge in [0, 0.05) is 19.6 Å². The highest BCUT2D eigenvalue weighted by molar-refractivity contribution is 5.64. The predicted octanol–water partition coefficient (Wildman–Crippen LogP) is 2.60. The van der Waals surface area contributed by atoms with E-state index < -0.39 is 11.2 Å². The SMILES string of the molecule is C=Nc1c(N(CNC2CCCCC2)Cc2ccccc2C)c(=O)[nH]c(=O)n1C. The second-order valence-electron chi connectivity index (χ2n) is 7.47. The first-order chi connectivity index (χ1) is 13.5. The predicted molar refractivity (Wildman–Crippen MR) is 114 cm³/mol. The van der Waals surface area contributed by atoms with Crippen LogP contribution in [0, 0.1) is 6.92 Å². The average molecular weight is 383 g/mol. The molecule has 28 heavy (non-hydrogen) atoms. The molecule has 2 N–H and O–H groups in total. The van der Waals surface area contributed by atoms with Crippen LogP contribution in [0.15, 0.2) is 38.8 Å². The van der Waals surface area contributed by atoms with Crippen LogP contribution in [0.1, 0.15) is 43.2 Å². The summed E-state index contributed by atoms with van der Waals surface area (Å²) in [6.07, 6.45) is 6.05. The molecule has 1 fully saturated rings. The van der Waals surface area contributed by atoms with Gasteiger partial charge in [0.2, 0.25) is 0 Å². The Hall–Kier alpha value is -2.67. The summed E-state index contributed by atoms with van der Waals surface area (Å²) in [5, 5.41) is 3.60. The Balaban J connectivity index is 1.97. The molecule has 3 rings (SSSR count). The lowest BCUT2D eigenvalue weighted by Gasteiger charge is -2.30. The Morgan fingerprint density at radius 2 is 1.96 bits per heavy atom. The van der Waals surface area contributed by atoms with Crippen LogP contribution in [-0.4, -0.2) is 29.0 Å². The smallest absolute Gasteiger partial charge is 0.329 e. The summed E-state index contributed by atoms with van der Waals surface area (Å²) in [6.45, 7) is 6.68. The van der Waals surface area contributed by atoms with Gasteiger partial charge in [-0.25, -0.2) is 9.79 Å². The molecule has 0 saturated heterocycles. The molecule has 150 valence electrons. The lowest BCUT2D eigenvalue weighted by atomic mass is 9.96. The Bertz CT molecular complexity index is 941. The number of nitrogens with zero attached hydrogens (tertiary/aromatic N) is 3. The number of aromatic nitrogens is 2. The number of aromatic amines is 1. The van der Waals surface area contributed by atoms with E-state index in [1.54, 1.807) is 7.05 Å². The highest BCUT2D eigenvalue weighted by Crippen LogP contribution is 2.25. The Labute approximate surface area is 165 Å². The minimum Gasteiger partial charge on any atom is -0.347 e. The van der Waals surface area contributed by atoms with Crippen molar-refractivity contribution in [1.82, 2.24) is 14.9 Å². The van der Waals surface area contributed by atoms with Crippen LogP contribution in [0.25, 0.3) is 0 Å². The first-order valence-corrected chi connectivity index (χ1v) is 9.84. The van der Waals surface area contributed by atoms with Gasteiger partial charge in [0.1, 0.15) is 5.69 Å². The summed E-state index contributed by atoms with van der Waals surface area (Å²) in [6, 6.07) is 8.55. The fourth-order valence-electron chi connectivity index (χ4n) is 3.82. The van der Waals surface area contributed by atoms with Gasteiger partial charge in [-0.15, -0.1) is 0 Å². The number of aryl methyl sites for hydroxylation is 1. The average Bonchev–Trinajstić information content (AvgIpc) is 2.70. The molecule has 0 radical (unpaired) electrons. The largest absolute Gasteiger partial charge is 0.347 e. The molecule has 1 heterocycles. The normalized spacial score (nSPS) is 14.8. The molecule has 1 aromatic heterocycles. The number of hydrogen-bond acceptors (Lipinski definition) is 5. The van der Waals surface area contributed by atoms with Crippen LogP contribution in [0.2, 0.25) is 0 Å². The van der Waals surface area contributed by atoms with E-state index >= 15 is 0 Å².